The molecule has 1 heterocycles. The molecular formula is C12H11NO3. The van der Waals surface area contributed by atoms with Gasteiger partial charge >= 0.3 is 5.97 Å². The largest absolute Gasteiger partial charge is 0.477 e. The van der Waals surface area contributed by atoms with Crippen molar-refractivity contribution in [1.29, 1.82) is 0 Å². The zero-order valence-corrected chi connectivity index (χ0v) is 8.56. The number of rotatable bonds is 4. The van der Waals surface area contributed by atoms with Crippen molar-refractivity contribution in [3.05, 3.63) is 35.5 Å². The molecule has 0 fully saturated rings. The minimum Gasteiger partial charge on any atom is -0.477 e. The number of fused-ring (bicyclic) bond motifs is 1. The van der Waals surface area contributed by atoms with Gasteiger partial charge in [0.25, 0.3) is 0 Å². The normalized spacial score (nSPS) is 10.5. The molecule has 0 saturated heterocycles. The minimum atomic E-state index is -0.989. The fraction of sp³-hybridized carbons (Fsp3) is 0.167. The van der Waals surface area contributed by atoms with Crippen LogP contribution >= 0.6 is 0 Å². The number of aromatic amines is 1. The molecule has 82 valence electrons. The number of para-hydroxylation sites is 1. The average Bonchev–Trinajstić information content (AvgIpc) is 2.65. The Labute approximate surface area is 91.9 Å². The maximum Gasteiger partial charge on any atom is 0.352 e. The summed E-state index contributed by atoms with van der Waals surface area (Å²) in [4.78, 5) is 24.3. The molecule has 2 N–H and O–H groups in total. The summed E-state index contributed by atoms with van der Waals surface area (Å²) in [6, 6.07) is 7.38. The lowest BCUT2D eigenvalue weighted by Gasteiger charge is -1.97. The van der Waals surface area contributed by atoms with E-state index in [0.29, 0.717) is 18.4 Å². The highest BCUT2D eigenvalue weighted by molar-refractivity contribution is 5.97. The van der Waals surface area contributed by atoms with Gasteiger partial charge in [-0.05, 0) is 18.1 Å². The molecule has 1 aromatic heterocycles. The van der Waals surface area contributed by atoms with Crippen molar-refractivity contribution in [3.63, 3.8) is 0 Å². The molecule has 0 spiro atoms. The van der Waals surface area contributed by atoms with Gasteiger partial charge in [0.1, 0.15) is 12.0 Å². The highest BCUT2D eigenvalue weighted by Crippen LogP contribution is 2.23. The van der Waals surface area contributed by atoms with Crippen molar-refractivity contribution in [2.45, 2.75) is 12.8 Å². The van der Waals surface area contributed by atoms with Crippen LogP contribution in [0.4, 0.5) is 0 Å². The van der Waals surface area contributed by atoms with Gasteiger partial charge in [-0.3, -0.25) is 0 Å². The van der Waals surface area contributed by atoms with Crippen molar-refractivity contribution in [3.8, 4) is 0 Å². The number of aryl methyl sites for hydroxylation is 1. The molecule has 0 atom stereocenters. The number of carboxylic acids is 1. The zero-order valence-electron chi connectivity index (χ0n) is 8.56. The van der Waals surface area contributed by atoms with E-state index >= 15 is 0 Å². The van der Waals surface area contributed by atoms with E-state index in [0.717, 1.165) is 17.2 Å². The first-order valence-corrected chi connectivity index (χ1v) is 5.00. The SMILES string of the molecule is O=CCCc1c(C(=O)O)[nH]c2ccccc12. The number of hydrogen-bond donors (Lipinski definition) is 2. The van der Waals surface area contributed by atoms with Gasteiger partial charge in [-0.15, -0.1) is 0 Å². The topological polar surface area (TPSA) is 70.2 Å². The second kappa shape index (κ2) is 4.18. The third-order valence-electron chi connectivity index (χ3n) is 2.54. The molecule has 4 nitrogen and oxygen atoms in total. The standard InChI is InChI=1S/C12H11NO3/c14-7-3-5-9-8-4-1-2-6-10(8)13-11(9)12(15)16/h1-2,4,6-7,13H,3,5H2,(H,15,16). The van der Waals surface area contributed by atoms with E-state index in [1.165, 1.54) is 0 Å². The van der Waals surface area contributed by atoms with E-state index in [1.54, 1.807) is 0 Å². The summed E-state index contributed by atoms with van der Waals surface area (Å²) in [6.07, 6.45) is 1.59. The number of H-pyrrole nitrogens is 1. The Hall–Kier alpha value is -2.10. The molecule has 0 amide bonds. The molecule has 4 heteroatoms. The molecule has 0 aliphatic rings. The lowest BCUT2D eigenvalue weighted by atomic mass is 10.1. The first-order valence-electron chi connectivity index (χ1n) is 5.00. The summed E-state index contributed by atoms with van der Waals surface area (Å²) in [7, 11) is 0. The average molecular weight is 217 g/mol. The van der Waals surface area contributed by atoms with E-state index in [4.69, 9.17) is 5.11 Å². The van der Waals surface area contributed by atoms with Crippen LogP contribution in [-0.4, -0.2) is 22.3 Å². The summed E-state index contributed by atoms with van der Waals surface area (Å²) in [6.45, 7) is 0. The molecule has 0 saturated carbocycles. The molecule has 16 heavy (non-hydrogen) atoms. The van der Waals surface area contributed by atoms with Gasteiger partial charge in [-0.2, -0.15) is 0 Å². The molecule has 0 bridgehead atoms. The number of aromatic nitrogens is 1. The first kappa shape index (κ1) is 10.4. The Kier molecular flexibility index (Phi) is 2.72. The van der Waals surface area contributed by atoms with Crippen LogP contribution < -0.4 is 0 Å². The Bertz CT molecular complexity index is 542. The molecule has 2 aromatic rings. The Morgan fingerprint density at radius 1 is 1.38 bits per heavy atom. The lowest BCUT2D eigenvalue weighted by Crippen LogP contribution is -2.01. The van der Waals surface area contributed by atoms with Crippen molar-refractivity contribution >= 4 is 23.2 Å². The quantitative estimate of drug-likeness (QED) is 0.769. The maximum atomic E-state index is 11.0. The third kappa shape index (κ3) is 1.69. The van der Waals surface area contributed by atoms with Crippen LogP contribution in [0.25, 0.3) is 10.9 Å². The molecule has 1 aromatic carbocycles. The summed E-state index contributed by atoms with van der Waals surface area (Å²) in [5.41, 5.74) is 1.68. The lowest BCUT2D eigenvalue weighted by molar-refractivity contribution is -0.107. The van der Waals surface area contributed by atoms with E-state index in [9.17, 15) is 9.59 Å². The Morgan fingerprint density at radius 2 is 2.12 bits per heavy atom. The first-order chi connectivity index (χ1) is 7.74. The minimum absolute atomic E-state index is 0.183. The van der Waals surface area contributed by atoms with Gasteiger partial charge in [0.15, 0.2) is 0 Å². The van der Waals surface area contributed by atoms with Crippen LogP contribution in [0.3, 0.4) is 0 Å². The monoisotopic (exact) mass is 217 g/mol. The van der Waals surface area contributed by atoms with Gasteiger partial charge in [-0.1, -0.05) is 18.2 Å². The third-order valence-corrected chi connectivity index (χ3v) is 2.54. The Balaban J connectivity index is 2.59. The zero-order chi connectivity index (χ0) is 11.5. The van der Waals surface area contributed by atoms with Crippen LogP contribution in [0.2, 0.25) is 0 Å². The smallest absolute Gasteiger partial charge is 0.352 e. The number of nitrogens with one attached hydrogen (secondary N) is 1. The highest BCUT2D eigenvalue weighted by atomic mass is 16.4. The fourth-order valence-corrected chi connectivity index (χ4v) is 1.85. The van der Waals surface area contributed by atoms with Crippen LogP contribution in [0.5, 0.6) is 0 Å². The van der Waals surface area contributed by atoms with Crippen molar-refractivity contribution in [2.24, 2.45) is 0 Å². The van der Waals surface area contributed by atoms with Gasteiger partial charge in [0.05, 0.1) is 0 Å². The predicted octanol–water partition coefficient (Wildman–Crippen LogP) is 2.00. The van der Waals surface area contributed by atoms with Crippen molar-refractivity contribution in [2.75, 3.05) is 0 Å². The summed E-state index contributed by atoms with van der Waals surface area (Å²) in [5.74, 6) is -0.989. The van der Waals surface area contributed by atoms with Gasteiger partial charge in [0, 0.05) is 17.3 Å². The molecule has 2 rings (SSSR count). The molecule has 0 radical (unpaired) electrons. The van der Waals surface area contributed by atoms with Crippen LogP contribution in [0.15, 0.2) is 24.3 Å². The summed E-state index contributed by atoms with van der Waals surface area (Å²) >= 11 is 0. The van der Waals surface area contributed by atoms with E-state index in [-0.39, 0.29) is 5.69 Å². The van der Waals surface area contributed by atoms with Gasteiger partial charge in [-0.25, -0.2) is 4.79 Å². The van der Waals surface area contributed by atoms with Crippen LogP contribution in [0.1, 0.15) is 22.5 Å². The number of carbonyl (C=O) groups excluding carboxylic acids is 1. The summed E-state index contributed by atoms with van der Waals surface area (Å²) in [5, 5.41) is 9.92. The second-order valence-electron chi connectivity index (χ2n) is 3.53. The second-order valence-corrected chi connectivity index (χ2v) is 3.53. The molecule has 0 aliphatic heterocycles. The van der Waals surface area contributed by atoms with E-state index in [2.05, 4.69) is 4.98 Å². The van der Waals surface area contributed by atoms with E-state index in [1.807, 2.05) is 24.3 Å². The summed E-state index contributed by atoms with van der Waals surface area (Å²) < 4.78 is 0. The number of benzene rings is 1. The number of carboxylic acid groups (broad SMARTS) is 1. The van der Waals surface area contributed by atoms with Crippen molar-refractivity contribution < 1.29 is 14.7 Å². The fourth-order valence-electron chi connectivity index (χ4n) is 1.85. The number of hydrogen-bond acceptors (Lipinski definition) is 2. The maximum absolute atomic E-state index is 11.0. The molecule has 0 aliphatic carbocycles. The van der Waals surface area contributed by atoms with E-state index < -0.39 is 5.97 Å². The van der Waals surface area contributed by atoms with Crippen molar-refractivity contribution in [1.82, 2.24) is 4.98 Å². The van der Waals surface area contributed by atoms with Crippen LogP contribution in [-0.2, 0) is 11.2 Å². The van der Waals surface area contributed by atoms with Gasteiger partial charge < -0.3 is 14.9 Å². The number of aldehydes is 1. The predicted molar refractivity (Wildman–Crippen MR) is 59.6 cm³/mol. The number of carbonyl (C=O) groups is 2. The van der Waals surface area contributed by atoms with Crippen LogP contribution in [0, 0.1) is 0 Å². The highest BCUT2D eigenvalue weighted by Gasteiger charge is 2.15. The number of aromatic carboxylic acids is 1. The molecule has 0 unspecified atom stereocenters. The van der Waals surface area contributed by atoms with Gasteiger partial charge in [0.2, 0.25) is 0 Å². The Morgan fingerprint density at radius 3 is 2.81 bits per heavy atom. The molecular weight excluding hydrogens is 206 g/mol.